The monoisotopic (exact) mass is 416 g/mol. The van der Waals surface area contributed by atoms with E-state index in [9.17, 15) is 4.79 Å². The van der Waals surface area contributed by atoms with Crippen molar-refractivity contribution in [3.05, 3.63) is 47.5 Å². The first kappa shape index (κ1) is 20.4. The molecule has 1 aromatic carbocycles. The normalized spacial score (nSPS) is 10.5. The minimum atomic E-state index is -0.0592. The van der Waals surface area contributed by atoms with Crippen LogP contribution in [-0.2, 0) is 6.54 Å². The molecule has 22 heavy (non-hydrogen) atoms. The standard InChI is InChI=1S/C16H24N4O.HI/c1-4-8-18-15(21)14-7-5-6-13(9-14)11-20-16(17)19-10-12(2)3;/h5-7,9H,2,4,8,10-11H2,1,3H3,(H,18,21)(H3,17,19,20);1H. The number of benzene rings is 1. The van der Waals surface area contributed by atoms with Crippen molar-refractivity contribution in [3.8, 4) is 0 Å². The van der Waals surface area contributed by atoms with Crippen LogP contribution in [0.2, 0.25) is 0 Å². The molecule has 6 heteroatoms. The molecule has 122 valence electrons. The van der Waals surface area contributed by atoms with Gasteiger partial charge >= 0.3 is 0 Å². The van der Waals surface area contributed by atoms with Crippen LogP contribution in [0, 0.1) is 0 Å². The van der Waals surface area contributed by atoms with Gasteiger partial charge in [-0.2, -0.15) is 0 Å². The molecule has 1 rings (SSSR count). The lowest BCUT2D eigenvalue weighted by atomic mass is 10.1. The van der Waals surface area contributed by atoms with Crippen molar-refractivity contribution < 1.29 is 4.79 Å². The van der Waals surface area contributed by atoms with Crippen LogP contribution in [0.1, 0.15) is 36.2 Å². The number of carbonyl (C=O) groups is 1. The average Bonchev–Trinajstić information content (AvgIpc) is 2.48. The number of halogens is 1. The molecule has 0 radical (unpaired) electrons. The predicted octanol–water partition coefficient (Wildman–Crippen LogP) is 2.42. The van der Waals surface area contributed by atoms with E-state index >= 15 is 0 Å². The molecule has 0 bridgehead atoms. The fourth-order valence-corrected chi connectivity index (χ4v) is 1.63. The maximum Gasteiger partial charge on any atom is 0.251 e. The van der Waals surface area contributed by atoms with E-state index in [0.29, 0.717) is 31.2 Å². The SMILES string of the molecule is C=C(C)CNC(N)=NCc1cccc(C(=O)NCCC)c1.I. The summed E-state index contributed by atoms with van der Waals surface area (Å²) in [5.74, 6) is 0.315. The van der Waals surface area contributed by atoms with Gasteiger partial charge in [-0.25, -0.2) is 4.99 Å². The molecule has 0 unspecified atom stereocenters. The number of nitrogens with zero attached hydrogens (tertiary/aromatic N) is 1. The highest BCUT2D eigenvalue weighted by molar-refractivity contribution is 14.0. The summed E-state index contributed by atoms with van der Waals surface area (Å²) in [6, 6.07) is 7.40. The first-order chi connectivity index (χ1) is 10.0. The Balaban J connectivity index is 0.00000441. The number of rotatable bonds is 7. The lowest BCUT2D eigenvalue weighted by molar-refractivity contribution is 0.0953. The summed E-state index contributed by atoms with van der Waals surface area (Å²) in [5.41, 5.74) is 8.33. The number of nitrogens with two attached hydrogens (primary N) is 1. The summed E-state index contributed by atoms with van der Waals surface area (Å²) in [5, 5.41) is 5.82. The van der Waals surface area contributed by atoms with Gasteiger partial charge in [0.1, 0.15) is 0 Å². The number of nitrogens with one attached hydrogen (secondary N) is 2. The minimum Gasteiger partial charge on any atom is -0.370 e. The molecular weight excluding hydrogens is 391 g/mol. The van der Waals surface area contributed by atoms with Crippen LogP contribution in [0.15, 0.2) is 41.4 Å². The molecule has 5 nitrogen and oxygen atoms in total. The Hall–Kier alpha value is -1.57. The molecule has 4 N–H and O–H groups in total. The zero-order valence-electron chi connectivity index (χ0n) is 13.2. The Morgan fingerprint density at radius 2 is 2.09 bits per heavy atom. The maximum atomic E-state index is 11.9. The lowest BCUT2D eigenvalue weighted by Crippen LogP contribution is -2.32. The Morgan fingerprint density at radius 3 is 2.73 bits per heavy atom. The molecule has 1 aromatic rings. The van der Waals surface area contributed by atoms with Gasteiger partial charge in [0.25, 0.3) is 5.91 Å². The molecule has 0 aromatic heterocycles. The molecular formula is C16H25IN4O. The van der Waals surface area contributed by atoms with Gasteiger partial charge in [-0.3, -0.25) is 4.79 Å². The van der Waals surface area contributed by atoms with Gasteiger partial charge in [-0.05, 0) is 31.0 Å². The van der Waals surface area contributed by atoms with Crippen LogP contribution in [0.5, 0.6) is 0 Å². The van der Waals surface area contributed by atoms with Crippen LogP contribution in [-0.4, -0.2) is 25.0 Å². The minimum absolute atomic E-state index is 0. The van der Waals surface area contributed by atoms with Crippen LogP contribution < -0.4 is 16.4 Å². The first-order valence-corrected chi connectivity index (χ1v) is 7.08. The number of carbonyl (C=O) groups excluding carboxylic acids is 1. The van der Waals surface area contributed by atoms with Crippen molar-refractivity contribution in [1.29, 1.82) is 0 Å². The van der Waals surface area contributed by atoms with E-state index in [1.807, 2.05) is 32.0 Å². The molecule has 0 aliphatic rings. The second-order valence-electron chi connectivity index (χ2n) is 4.97. The van der Waals surface area contributed by atoms with Gasteiger partial charge in [0.2, 0.25) is 0 Å². The van der Waals surface area contributed by atoms with E-state index in [4.69, 9.17) is 5.73 Å². The molecule has 0 atom stereocenters. The number of aliphatic imine (C=N–C) groups is 1. The molecule has 0 fully saturated rings. The number of hydrogen-bond donors (Lipinski definition) is 3. The number of hydrogen-bond acceptors (Lipinski definition) is 2. The second kappa shape index (κ2) is 11.1. The third kappa shape index (κ3) is 8.02. The zero-order valence-corrected chi connectivity index (χ0v) is 15.5. The van der Waals surface area contributed by atoms with Crippen molar-refractivity contribution >= 4 is 35.8 Å². The highest BCUT2D eigenvalue weighted by atomic mass is 127. The van der Waals surface area contributed by atoms with Gasteiger partial charge in [0.05, 0.1) is 6.54 Å². The van der Waals surface area contributed by atoms with Gasteiger partial charge in [-0.1, -0.05) is 31.2 Å². The van der Waals surface area contributed by atoms with Gasteiger partial charge in [0, 0.05) is 18.7 Å². The molecule has 0 spiro atoms. The molecule has 0 aliphatic heterocycles. The highest BCUT2D eigenvalue weighted by Gasteiger charge is 2.04. The van der Waals surface area contributed by atoms with Crippen LogP contribution in [0.4, 0.5) is 0 Å². The maximum absolute atomic E-state index is 11.9. The van der Waals surface area contributed by atoms with Crippen molar-refractivity contribution in [2.75, 3.05) is 13.1 Å². The van der Waals surface area contributed by atoms with E-state index in [0.717, 1.165) is 17.6 Å². The van der Waals surface area contributed by atoms with Crippen LogP contribution >= 0.6 is 24.0 Å². The van der Waals surface area contributed by atoms with Crippen molar-refractivity contribution in [2.24, 2.45) is 10.7 Å². The number of guanidine groups is 1. The highest BCUT2D eigenvalue weighted by Crippen LogP contribution is 2.06. The van der Waals surface area contributed by atoms with Crippen molar-refractivity contribution in [3.63, 3.8) is 0 Å². The predicted molar refractivity (Wildman–Crippen MR) is 103 cm³/mol. The topological polar surface area (TPSA) is 79.5 Å². The summed E-state index contributed by atoms with van der Waals surface area (Å²) in [7, 11) is 0. The largest absolute Gasteiger partial charge is 0.370 e. The smallest absolute Gasteiger partial charge is 0.251 e. The quantitative estimate of drug-likeness (QED) is 0.277. The second-order valence-corrected chi connectivity index (χ2v) is 4.97. The molecule has 0 saturated heterocycles. The summed E-state index contributed by atoms with van der Waals surface area (Å²) < 4.78 is 0. The number of amides is 1. The lowest BCUT2D eigenvalue weighted by Gasteiger charge is -2.06. The Kier molecular flexibility index (Phi) is 10.3. The molecule has 0 aliphatic carbocycles. The van der Waals surface area contributed by atoms with E-state index < -0.39 is 0 Å². The third-order valence-electron chi connectivity index (χ3n) is 2.73. The zero-order chi connectivity index (χ0) is 15.7. The van der Waals surface area contributed by atoms with Crippen LogP contribution in [0.25, 0.3) is 0 Å². The van der Waals surface area contributed by atoms with E-state index in [2.05, 4.69) is 22.2 Å². The molecule has 1 amide bonds. The van der Waals surface area contributed by atoms with Crippen LogP contribution in [0.3, 0.4) is 0 Å². The fourth-order valence-electron chi connectivity index (χ4n) is 1.63. The summed E-state index contributed by atoms with van der Waals surface area (Å²) in [6.45, 7) is 9.44. The fraction of sp³-hybridized carbons (Fsp3) is 0.375. The van der Waals surface area contributed by atoms with Crippen molar-refractivity contribution in [2.45, 2.75) is 26.8 Å². The summed E-state index contributed by atoms with van der Waals surface area (Å²) in [4.78, 5) is 16.1. The van der Waals surface area contributed by atoms with Gasteiger partial charge in [0.15, 0.2) is 5.96 Å². The average molecular weight is 416 g/mol. The first-order valence-electron chi connectivity index (χ1n) is 7.08. The molecule has 0 saturated carbocycles. The Bertz CT molecular complexity index is 529. The summed E-state index contributed by atoms with van der Waals surface area (Å²) in [6.07, 6.45) is 0.917. The van der Waals surface area contributed by atoms with Gasteiger partial charge in [-0.15, -0.1) is 24.0 Å². The Morgan fingerprint density at radius 1 is 1.36 bits per heavy atom. The molecule has 0 heterocycles. The van der Waals surface area contributed by atoms with E-state index in [-0.39, 0.29) is 29.9 Å². The van der Waals surface area contributed by atoms with Crippen molar-refractivity contribution in [1.82, 2.24) is 10.6 Å². The Labute approximate surface area is 149 Å². The van der Waals surface area contributed by atoms with E-state index in [1.165, 1.54) is 0 Å². The van der Waals surface area contributed by atoms with E-state index in [1.54, 1.807) is 6.07 Å². The summed E-state index contributed by atoms with van der Waals surface area (Å²) >= 11 is 0. The third-order valence-corrected chi connectivity index (χ3v) is 2.73. The van der Waals surface area contributed by atoms with Gasteiger partial charge < -0.3 is 16.4 Å².